The van der Waals surface area contributed by atoms with Crippen molar-refractivity contribution in [2.45, 2.75) is 39.2 Å². The molecule has 2 amide bonds. The molecule has 5 nitrogen and oxygen atoms in total. The Bertz CT molecular complexity index is 685. The fourth-order valence-electron chi connectivity index (χ4n) is 4.94. The minimum atomic E-state index is -0.123. The second-order valence-corrected chi connectivity index (χ2v) is 8.04. The van der Waals surface area contributed by atoms with Crippen LogP contribution in [0.3, 0.4) is 0 Å². The van der Waals surface area contributed by atoms with Crippen LogP contribution in [0, 0.1) is 11.3 Å². The van der Waals surface area contributed by atoms with Crippen molar-refractivity contribution >= 4 is 23.2 Å². The van der Waals surface area contributed by atoms with E-state index in [0.717, 1.165) is 17.9 Å². The van der Waals surface area contributed by atoms with E-state index < -0.39 is 0 Å². The van der Waals surface area contributed by atoms with Gasteiger partial charge in [0.15, 0.2) is 0 Å². The number of anilines is 2. The zero-order valence-corrected chi connectivity index (χ0v) is 14.4. The maximum Gasteiger partial charge on any atom is 0.244 e. The smallest absolute Gasteiger partial charge is 0.244 e. The van der Waals surface area contributed by atoms with E-state index in [0.29, 0.717) is 18.5 Å². The van der Waals surface area contributed by atoms with Crippen LogP contribution in [0.2, 0.25) is 0 Å². The van der Waals surface area contributed by atoms with Gasteiger partial charge in [-0.2, -0.15) is 0 Å². The van der Waals surface area contributed by atoms with E-state index in [1.165, 1.54) is 19.3 Å². The molecule has 24 heavy (non-hydrogen) atoms. The van der Waals surface area contributed by atoms with Gasteiger partial charge in [0.2, 0.25) is 11.8 Å². The molecule has 2 atom stereocenters. The lowest BCUT2D eigenvalue weighted by Crippen LogP contribution is -2.47. The molecule has 1 saturated carbocycles. The maximum atomic E-state index is 13.0. The number of hydrogen-bond acceptors (Lipinski definition) is 3. The van der Waals surface area contributed by atoms with Crippen LogP contribution in [0.1, 0.15) is 33.1 Å². The molecular weight excluding hydrogens is 302 g/mol. The largest absolute Gasteiger partial charge is 0.323 e. The van der Waals surface area contributed by atoms with Gasteiger partial charge >= 0.3 is 0 Å². The highest BCUT2D eigenvalue weighted by atomic mass is 16.2. The van der Waals surface area contributed by atoms with Crippen molar-refractivity contribution in [1.29, 1.82) is 0 Å². The van der Waals surface area contributed by atoms with Gasteiger partial charge < -0.3 is 5.32 Å². The standard InChI is InChI=1S/C19H25N3O2/c1-19(2)12-21(15-9-5-6-13(15)19)11-18(24)22-10-17(23)20-14-7-3-4-8-16(14)22/h3-4,7-8,13,15H,5-6,9-12H2,1-2H3,(H,20,23)/t13-,15+/m0/s1. The van der Waals surface area contributed by atoms with Crippen molar-refractivity contribution in [3.8, 4) is 0 Å². The van der Waals surface area contributed by atoms with Gasteiger partial charge in [-0.1, -0.05) is 32.4 Å². The molecule has 4 rings (SSSR count). The van der Waals surface area contributed by atoms with Crippen LogP contribution in [0.25, 0.3) is 0 Å². The first kappa shape index (κ1) is 15.6. The normalized spacial score (nSPS) is 28.4. The Labute approximate surface area is 143 Å². The molecule has 0 spiro atoms. The summed E-state index contributed by atoms with van der Waals surface area (Å²) in [5.41, 5.74) is 1.81. The Morgan fingerprint density at radius 3 is 2.92 bits per heavy atom. The SMILES string of the molecule is CC1(C)CN(CC(=O)N2CC(=O)Nc3ccccc32)[C@@H]2CCC[C@@H]21. The molecule has 3 aliphatic rings. The van der Waals surface area contributed by atoms with Crippen LogP contribution in [0.15, 0.2) is 24.3 Å². The fourth-order valence-corrected chi connectivity index (χ4v) is 4.94. The summed E-state index contributed by atoms with van der Waals surface area (Å²) >= 11 is 0. The lowest BCUT2D eigenvalue weighted by molar-refractivity contribution is -0.122. The summed E-state index contributed by atoms with van der Waals surface area (Å²) in [4.78, 5) is 28.9. The summed E-state index contributed by atoms with van der Waals surface area (Å²) in [5.74, 6) is 0.602. The van der Waals surface area contributed by atoms with Gasteiger partial charge in [0.05, 0.1) is 17.9 Å². The highest BCUT2D eigenvalue weighted by Gasteiger charge is 2.49. The van der Waals surface area contributed by atoms with E-state index in [1.54, 1.807) is 4.90 Å². The molecule has 0 bridgehead atoms. The molecule has 1 N–H and O–H groups in total. The van der Waals surface area contributed by atoms with Crippen LogP contribution in [0.4, 0.5) is 11.4 Å². The summed E-state index contributed by atoms with van der Waals surface area (Å²) in [7, 11) is 0. The minimum absolute atomic E-state index is 0.0284. The van der Waals surface area contributed by atoms with Crippen molar-refractivity contribution in [2.75, 3.05) is 29.9 Å². The van der Waals surface area contributed by atoms with Crippen LogP contribution >= 0.6 is 0 Å². The molecule has 1 aromatic rings. The number of amides is 2. The summed E-state index contributed by atoms with van der Waals surface area (Å²) in [6.45, 7) is 6.14. The number of nitrogens with zero attached hydrogens (tertiary/aromatic N) is 2. The fraction of sp³-hybridized carbons (Fsp3) is 0.579. The quantitative estimate of drug-likeness (QED) is 0.908. The van der Waals surface area contributed by atoms with Crippen molar-refractivity contribution in [2.24, 2.45) is 11.3 Å². The molecular formula is C19H25N3O2. The second kappa shape index (κ2) is 5.59. The number of benzene rings is 1. The van der Waals surface area contributed by atoms with Gasteiger partial charge in [-0.05, 0) is 36.3 Å². The van der Waals surface area contributed by atoms with Crippen LogP contribution in [0.5, 0.6) is 0 Å². The predicted molar refractivity (Wildman–Crippen MR) is 93.9 cm³/mol. The molecule has 1 aliphatic carbocycles. The Morgan fingerprint density at radius 1 is 1.29 bits per heavy atom. The number of nitrogens with one attached hydrogen (secondary N) is 1. The third kappa shape index (κ3) is 2.51. The lowest BCUT2D eigenvalue weighted by Gasteiger charge is -2.31. The van der Waals surface area contributed by atoms with Crippen molar-refractivity contribution in [3.63, 3.8) is 0 Å². The van der Waals surface area contributed by atoms with E-state index in [2.05, 4.69) is 24.1 Å². The number of rotatable bonds is 2. The molecule has 1 aromatic carbocycles. The highest BCUT2D eigenvalue weighted by Crippen LogP contribution is 2.48. The van der Waals surface area contributed by atoms with Crippen LogP contribution < -0.4 is 10.2 Å². The summed E-state index contributed by atoms with van der Waals surface area (Å²) < 4.78 is 0. The zero-order valence-electron chi connectivity index (χ0n) is 14.4. The number of carbonyl (C=O) groups excluding carboxylic acids is 2. The van der Waals surface area contributed by atoms with Gasteiger partial charge in [0, 0.05) is 12.6 Å². The van der Waals surface area contributed by atoms with Crippen molar-refractivity contribution in [1.82, 2.24) is 4.90 Å². The third-order valence-corrected chi connectivity index (χ3v) is 5.97. The van der Waals surface area contributed by atoms with Gasteiger partial charge in [-0.25, -0.2) is 0 Å². The number of likely N-dealkylation sites (tertiary alicyclic amines) is 1. The van der Waals surface area contributed by atoms with E-state index in [4.69, 9.17) is 0 Å². The first-order chi connectivity index (χ1) is 11.5. The molecule has 128 valence electrons. The lowest BCUT2D eigenvalue weighted by atomic mass is 9.80. The Morgan fingerprint density at radius 2 is 2.08 bits per heavy atom. The number of carbonyl (C=O) groups is 2. The average molecular weight is 327 g/mol. The molecule has 0 aromatic heterocycles. The third-order valence-electron chi connectivity index (χ3n) is 5.97. The van der Waals surface area contributed by atoms with Crippen LogP contribution in [-0.2, 0) is 9.59 Å². The molecule has 1 saturated heterocycles. The molecule has 2 heterocycles. The van der Waals surface area contributed by atoms with Gasteiger partial charge in [0.25, 0.3) is 0 Å². The minimum Gasteiger partial charge on any atom is -0.323 e. The summed E-state index contributed by atoms with van der Waals surface area (Å²) in [6.07, 6.45) is 3.73. The van der Waals surface area contributed by atoms with Crippen molar-refractivity contribution in [3.05, 3.63) is 24.3 Å². The van der Waals surface area contributed by atoms with Crippen LogP contribution in [-0.4, -0.2) is 42.4 Å². The number of para-hydroxylation sites is 2. The molecule has 0 unspecified atom stereocenters. The molecule has 5 heteroatoms. The monoisotopic (exact) mass is 327 g/mol. The first-order valence-corrected chi connectivity index (χ1v) is 8.89. The Kier molecular flexibility index (Phi) is 3.64. The maximum absolute atomic E-state index is 13.0. The number of hydrogen-bond donors (Lipinski definition) is 1. The summed E-state index contributed by atoms with van der Waals surface area (Å²) in [6, 6.07) is 8.05. The van der Waals surface area contributed by atoms with Gasteiger partial charge in [-0.3, -0.25) is 19.4 Å². The topological polar surface area (TPSA) is 52.7 Å². The van der Waals surface area contributed by atoms with Gasteiger partial charge in [-0.15, -0.1) is 0 Å². The highest BCUT2D eigenvalue weighted by molar-refractivity contribution is 6.10. The average Bonchev–Trinajstić information content (AvgIpc) is 3.11. The van der Waals surface area contributed by atoms with E-state index in [-0.39, 0.29) is 23.8 Å². The molecule has 2 fully saturated rings. The number of fused-ring (bicyclic) bond motifs is 2. The second-order valence-electron chi connectivity index (χ2n) is 8.04. The first-order valence-electron chi connectivity index (χ1n) is 8.89. The predicted octanol–water partition coefficient (Wildman–Crippen LogP) is 2.48. The van der Waals surface area contributed by atoms with E-state index in [1.807, 2.05) is 24.3 Å². The zero-order chi connectivity index (χ0) is 16.9. The van der Waals surface area contributed by atoms with E-state index in [9.17, 15) is 9.59 Å². The molecule has 2 aliphatic heterocycles. The van der Waals surface area contributed by atoms with E-state index >= 15 is 0 Å². The Balaban J connectivity index is 1.54. The molecule has 0 radical (unpaired) electrons. The van der Waals surface area contributed by atoms with Crippen molar-refractivity contribution < 1.29 is 9.59 Å². The summed E-state index contributed by atoms with van der Waals surface area (Å²) in [5, 5.41) is 2.84. The van der Waals surface area contributed by atoms with Gasteiger partial charge in [0.1, 0.15) is 6.54 Å². The Hall–Kier alpha value is -1.88.